The van der Waals surface area contributed by atoms with Gasteiger partial charge in [0.25, 0.3) is 0 Å². The third-order valence-corrected chi connectivity index (χ3v) is 3.32. The Morgan fingerprint density at radius 3 is 3.05 bits per heavy atom. The molecular formula is C12H17ClN4O2. The lowest BCUT2D eigenvalue weighted by molar-refractivity contribution is -0.119. The number of carbonyl (C=O) groups excluding carboxylic acids is 1. The number of primary amides is 1. The fraction of sp³-hybridized carbons (Fsp3) is 0.583. The lowest BCUT2D eigenvalue weighted by Gasteiger charge is -2.34. The van der Waals surface area contributed by atoms with Crippen molar-refractivity contribution in [2.75, 3.05) is 18.6 Å². The molecule has 0 aromatic carbocycles. The molecule has 1 unspecified atom stereocenters. The Kier molecular flexibility index (Phi) is 4.55. The highest BCUT2D eigenvalue weighted by molar-refractivity contribution is 6.29. The molecule has 0 saturated carbocycles. The molecule has 19 heavy (non-hydrogen) atoms. The van der Waals surface area contributed by atoms with Gasteiger partial charge in [-0.3, -0.25) is 4.79 Å². The van der Waals surface area contributed by atoms with E-state index in [-0.39, 0.29) is 18.6 Å². The first-order chi connectivity index (χ1) is 9.11. The van der Waals surface area contributed by atoms with Gasteiger partial charge in [-0.1, -0.05) is 11.6 Å². The summed E-state index contributed by atoms with van der Waals surface area (Å²) in [5, 5.41) is 0.339. The van der Waals surface area contributed by atoms with Gasteiger partial charge in [-0.25, -0.2) is 9.97 Å². The third-order valence-electron chi connectivity index (χ3n) is 3.13. The molecule has 1 amide bonds. The van der Waals surface area contributed by atoms with Crippen molar-refractivity contribution in [2.45, 2.75) is 31.9 Å². The molecule has 0 radical (unpaired) electrons. The average Bonchev–Trinajstić information content (AvgIpc) is 2.38. The topological polar surface area (TPSA) is 81.3 Å². The molecule has 1 aromatic heterocycles. The average molecular weight is 285 g/mol. The Bertz CT molecular complexity index is 469. The van der Waals surface area contributed by atoms with Gasteiger partial charge in [-0.15, -0.1) is 0 Å². The first-order valence-corrected chi connectivity index (χ1v) is 6.58. The maximum Gasteiger partial charge on any atom is 0.240 e. The maximum absolute atomic E-state index is 11.5. The summed E-state index contributed by atoms with van der Waals surface area (Å²) in [6, 6.07) is 1.33. The molecule has 1 aromatic rings. The van der Waals surface area contributed by atoms with E-state index < -0.39 is 0 Å². The van der Waals surface area contributed by atoms with E-state index in [0.717, 1.165) is 25.8 Å². The van der Waals surface area contributed by atoms with Crippen LogP contribution in [-0.4, -0.2) is 35.6 Å². The van der Waals surface area contributed by atoms with Crippen LogP contribution in [0.1, 0.15) is 25.1 Å². The summed E-state index contributed by atoms with van der Waals surface area (Å²) in [5.41, 5.74) is 5.45. The maximum atomic E-state index is 11.5. The Morgan fingerprint density at radius 1 is 1.58 bits per heavy atom. The highest BCUT2D eigenvalue weighted by Gasteiger charge is 2.28. The minimum absolute atomic E-state index is 0.280. The second-order valence-corrected chi connectivity index (χ2v) is 4.89. The number of carbonyl (C=O) groups is 1. The fourth-order valence-corrected chi connectivity index (χ4v) is 2.49. The van der Waals surface area contributed by atoms with E-state index in [2.05, 4.69) is 9.97 Å². The molecule has 1 fully saturated rings. The van der Waals surface area contributed by atoms with E-state index in [1.807, 2.05) is 4.90 Å². The Morgan fingerprint density at radius 2 is 2.37 bits per heavy atom. The van der Waals surface area contributed by atoms with E-state index in [0.29, 0.717) is 16.8 Å². The van der Waals surface area contributed by atoms with Crippen LogP contribution in [0, 0.1) is 0 Å². The van der Waals surface area contributed by atoms with Crippen LogP contribution in [0.3, 0.4) is 0 Å². The number of anilines is 1. The van der Waals surface area contributed by atoms with E-state index >= 15 is 0 Å². The molecule has 0 bridgehead atoms. The minimum Gasteiger partial charge on any atom is -0.377 e. The molecule has 104 valence electrons. The van der Waals surface area contributed by atoms with Gasteiger partial charge < -0.3 is 15.4 Å². The van der Waals surface area contributed by atoms with Gasteiger partial charge in [0.05, 0.1) is 0 Å². The van der Waals surface area contributed by atoms with Crippen LogP contribution in [0.2, 0.25) is 5.15 Å². The quantitative estimate of drug-likeness (QED) is 0.838. The smallest absolute Gasteiger partial charge is 0.240 e. The Hall–Kier alpha value is -1.40. The number of rotatable bonds is 4. The Balaban J connectivity index is 2.30. The summed E-state index contributed by atoms with van der Waals surface area (Å²) in [6.45, 7) is 1.02. The predicted molar refractivity (Wildman–Crippen MR) is 71.9 cm³/mol. The minimum atomic E-state index is -0.331. The summed E-state index contributed by atoms with van der Waals surface area (Å²) in [7, 11) is 1.57. The van der Waals surface area contributed by atoms with Crippen molar-refractivity contribution in [2.24, 2.45) is 5.73 Å². The molecule has 2 heterocycles. The standard InChI is InChI=1S/C12H17ClN4O2/c1-19-7-10-15-9(13)6-11(16-10)17-5-3-2-4-8(17)12(14)18/h6,8H,2-5,7H2,1H3,(H2,14,18). The molecular weight excluding hydrogens is 268 g/mol. The van der Waals surface area contributed by atoms with Crippen molar-refractivity contribution >= 4 is 23.3 Å². The molecule has 0 spiro atoms. The second-order valence-electron chi connectivity index (χ2n) is 4.51. The monoisotopic (exact) mass is 284 g/mol. The van der Waals surface area contributed by atoms with Crippen LogP contribution >= 0.6 is 11.6 Å². The summed E-state index contributed by atoms with van der Waals surface area (Å²) in [5.74, 6) is 0.803. The van der Waals surface area contributed by atoms with Crippen molar-refractivity contribution in [3.63, 3.8) is 0 Å². The number of hydrogen-bond donors (Lipinski definition) is 1. The zero-order valence-corrected chi connectivity index (χ0v) is 11.6. The zero-order chi connectivity index (χ0) is 13.8. The molecule has 7 heteroatoms. The first-order valence-electron chi connectivity index (χ1n) is 6.20. The first kappa shape index (κ1) is 14.0. The lowest BCUT2D eigenvalue weighted by Crippen LogP contribution is -2.48. The van der Waals surface area contributed by atoms with Gasteiger partial charge in [-0.2, -0.15) is 0 Å². The SMILES string of the molecule is COCc1nc(Cl)cc(N2CCCCC2C(N)=O)n1. The van der Waals surface area contributed by atoms with Gasteiger partial charge in [0.1, 0.15) is 23.6 Å². The molecule has 1 atom stereocenters. The summed E-state index contributed by atoms with van der Waals surface area (Å²) in [4.78, 5) is 21.9. The van der Waals surface area contributed by atoms with E-state index in [4.69, 9.17) is 22.1 Å². The number of halogens is 1. The van der Waals surface area contributed by atoms with Crippen LogP contribution in [0.4, 0.5) is 5.82 Å². The highest BCUT2D eigenvalue weighted by Crippen LogP contribution is 2.25. The lowest BCUT2D eigenvalue weighted by atomic mass is 10.0. The van der Waals surface area contributed by atoms with E-state index in [1.54, 1.807) is 13.2 Å². The molecule has 1 aliphatic rings. The number of amides is 1. The number of aromatic nitrogens is 2. The van der Waals surface area contributed by atoms with Crippen molar-refractivity contribution < 1.29 is 9.53 Å². The normalized spacial score (nSPS) is 19.5. The van der Waals surface area contributed by atoms with Crippen LogP contribution in [0.25, 0.3) is 0 Å². The third kappa shape index (κ3) is 3.33. The van der Waals surface area contributed by atoms with Crippen LogP contribution in [0.5, 0.6) is 0 Å². The summed E-state index contributed by atoms with van der Waals surface area (Å²) < 4.78 is 5.01. The van der Waals surface area contributed by atoms with Crippen molar-refractivity contribution in [3.8, 4) is 0 Å². The fourth-order valence-electron chi connectivity index (χ4n) is 2.29. The largest absolute Gasteiger partial charge is 0.377 e. The zero-order valence-electron chi connectivity index (χ0n) is 10.8. The number of methoxy groups -OCH3 is 1. The van der Waals surface area contributed by atoms with Crippen LogP contribution in [0.15, 0.2) is 6.07 Å². The predicted octanol–water partition coefficient (Wildman–Crippen LogP) is 1.12. The summed E-state index contributed by atoms with van der Waals surface area (Å²) >= 11 is 5.98. The van der Waals surface area contributed by atoms with Crippen molar-refractivity contribution in [1.82, 2.24) is 9.97 Å². The van der Waals surface area contributed by atoms with Gasteiger partial charge in [0, 0.05) is 19.7 Å². The van der Waals surface area contributed by atoms with Gasteiger partial charge in [0.2, 0.25) is 5.91 Å². The second kappa shape index (κ2) is 6.16. The highest BCUT2D eigenvalue weighted by atomic mass is 35.5. The van der Waals surface area contributed by atoms with Crippen LogP contribution < -0.4 is 10.6 Å². The number of nitrogens with zero attached hydrogens (tertiary/aromatic N) is 3. The van der Waals surface area contributed by atoms with Crippen molar-refractivity contribution in [1.29, 1.82) is 0 Å². The van der Waals surface area contributed by atoms with Crippen molar-refractivity contribution in [3.05, 3.63) is 17.0 Å². The molecule has 2 N–H and O–H groups in total. The molecule has 6 nitrogen and oxygen atoms in total. The molecule has 0 aliphatic carbocycles. The summed E-state index contributed by atoms with van der Waals surface area (Å²) in [6.07, 6.45) is 2.75. The van der Waals surface area contributed by atoms with Crippen LogP contribution in [-0.2, 0) is 16.1 Å². The van der Waals surface area contributed by atoms with Gasteiger partial charge >= 0.3 is 0 Å². The van der Waals surface area contributed by atoms with E-state index in [1.165, 1.54) is 0 Å². The van der Waals surface area contributed by atoms with E-state index in [9.17, 15) is 4.79 Å². The molecule has 1 saturated heterocycles. The molecule has 2 rings (SSSR count). The molecule has 1 aliphatic heterocycles. The number of piperidine rings is 1. The van der Waals surface area contributed by atoms with Gasteiger partial charge in [0.15, 0.2) is 5.82 Å². The Labute approximate surface area is 116 Å². The number of ether oxygens (including phenoxy) is 1. The van der Waals surface area contributed by atoms with Gasteiger partial charge in [-0.05, 0) is 19.3 Å². The number of nitrogens with two attached hydrogens (primary N) is 1. The number of hydrogen-bond acceptors (Lipinski definition) is 5.